The lowest BCUT2D eigenvalue weighted by Gasteiger charge is -2.27. The first-order chi connectivity index (χ1) is 12.3. The Morgan fingerprint density at radius 1 is 1.31 bits per heavy atom. The summed E-state index contributed by atoms with van der Waals surface area (Å²) in [5.41, 5.74) is 0.0539. The molecule has 1 N–H and O–H groups in total. The topological polar surface area (TPSA) is 80.5 Å². The lowest BCUT2D eigenvalue weighted by Crippen LogP contribution is -2.37. The minimum Gasteiger partial charge on any atom is -0.491 e. The van der Waals surface area contributed by atoms with E-state index >= 15 is 0 Å². The van der Waals surface area contributed by atoms with E-state index in [1.165, 1.54) is 18.2 Å². The molecule has 26 heavy (non-hydrogen) atoms. The molecule has 0 spiro atoms. The number of aromatic carboxylic acids is 1. The van der Waals surface area contributed by atoms with Crippen LogP contribution in [-0.2, 0) is 19.3 Å². The maximum Gasteiger partial charge on any atom is 0.451 e. The van der Waals surface area contributed by atoms with Gasteiger partial charge in [-0.15, -0.1) is 10.2 Å². The van der Waals surface area contributed by atoms with Gasteiger partial charge in [-0.25, -0.2) is 4.79 Å². The number of hydrogen-bond acceptors (Lipinski definition) is 5. The number of hydrogen-bond donors (Lipinski definition) is 1. The summed E-state index contributed by atoms with van der Waals surface area (Å²) in [6, 6.07) is 4.14. The first kappa shape index (κ1) is 18.5. The molecule has 3 rings (SSSR count). The lowest BCUT2D eigenvalue weighted by molar-refractivity contribution is -0.148. The molecule has 1 aromatic heterocycles. The van der Waals surface area contributed by atoms with E-state index in [1.807, 2.05) is 4.90 Å². The molecule has 0 saturated carbocycles. The van der Waals surface area contributed by atoms with Crippen molar-refractivity contribution in [3.63, 3.8) is 0 Å². The summed E-state index contributed by atoms with van der Waals surface area (Å²) in [7, 11) is 0. The molecule has 2 aromatic rings. The molecule has 1 aliphatic rings. The van der Waals surface area contributed by atoms with Crippen molar-refractivity contribution in [3.8, 4) is 5.75 Å². The number of alkyl halides is 3. The normalized spacial score (nSPS) is 14.9. The zero-order chi connectivity index (χ0) is 18.9. The Bertz CT molecular complexity index is 825. The van der Waals surface area contributed by atoms with Crippen LogP contribution in [0, 0.1) is 0 Å². The van der Waals surface area contributed by atoms with Crippen molar-refractivity contribution >= 4 is 17.6 Å². The molecule has 0 unspecified atom stereocenters. The summed E-state index contributed by atoms with van der Waals surface area (Å²) in [6.07, 6.45) is -4.52. The van der Waals surface area contributed by atoms with Crippen LogP contribution in [0.15, 0.2) is 18.2 Å². The fourth-order valence-corrected chi connectivity index (χ4v) is 2.88. The predicted molar refractivity (Wildman–Crippen MR) is 84.2 cm³/mol. The van der Waals surface area contributed by atoms with E-state index < -0.39 is 18.0 Å². The van der Waals surface area contributed by atoms with Gasteiger partial charge in [0, 0.05) is 19.6 Å². The first-order valence-corrected chi connectivity index (χ1v) is 8.01. The van der Waals surface area contributed by atoms with Gasteiger partial charge in [-0.05, 0) is 18.2 Å². The highest BCUT2D eigenvalue weighted by molar-refractivity contribution is 6.32. The third kappa shape index (κ3) is 3.91. The third-order valence-corrected chi connectivity index (χ3v) is 4.23. The van der Waals surface area contributed by atoms with Gasteiger partial charge in [-0.1, -0.05) is 11.6 Å². The quantitative estimate of drug-likeness (QED) is 0.845. The van der Waals surface area contributed by atoms with Gasteiger partial charge in [0.1, 0.15) is 18.2 Å². The Hall–Kier alpha value is -2.33. The summed E-state index contributed by atoms with van der Waals surface area (Å²) in [5, 5.41) is 15.9. The average Bonchev–Trinajstić information content (AvgIpc) is 2.99. The molecule has 0 saturated heterocycles. The molecule has 0 fully saturated rings. The van der Waals surface area contributed by atoms with E-state index in [4.69, 9.17) is 21.4 Å². The number of nitrogens with zero attached hydrogens (tertiary/aromatic N) is 4. The number of halogens is 4. The summed E-state index contributed by atoms with van der Waals surface area (Å²) in [5.74, 6) is -1.47. The van der Waals surface area contributed by atoms with E-state index in [1.54, 1.807) is 0 Å². The second-order valence-electron chi connectivity index (χ2n) is 5.66. The molecule has 7 nitrogen and oxygen atoms in total. The lowest BCUT2D eigenvalue weighted by atomic mass is 10.2. The standard InChI is InChI=1S/C15H14ClF3N4O3/c16-10-7-9(13(24)25)1-2-11(10)26-6-5-22-3-4-23-12(8-22)20-21-14(23)15(17,18)19/h1-2,7H,3-6,8H2,(H,24,25). The van der Waals surface area contributed by atoms with Crippen LogP contribution in [0.2, 0.25) is 5.02 Å². The summed E-state index contributed by atoms with van der Waals surface area (Å²) < 4.78 is 45.0. The fraction of sp³-hybridized carbons (Fsp3) is 0.400. The molecule has 0 radical (unpaired) electrons. The van der Waals surface area contributed by atoms with Gasteiger partial charge in [0.15, 0.2) is 0 Å². The minimum absolute atomic E-state index is 0.0539. The molecule has 11 heteroatoms. The number of aromatic nitrogens is 3. The van der Waals surface area contributed by atoms with Gasteiger partial charge in [-0.2, -0.15) is 13.2 Å². The second kappa shape index (κ2) is 7.12. The smallest absolute Gasteiger partial charge is 0.451 e. The van der Waals surface area contributed by atoms with Crippen molar-refractivity contribution in [1.29, 1.82) is 0 Å². The van der Waals surface area contributed by atoms with Crippen LogP contribution in [0.4, 0.5) is 13.2 Å². The van der Waals surface area contributed by atoms with Crippen molar-refractivity contribution in [3.05, 3.63) is 40.4 Å². The molecule has 0 atom stereocenters. The van der Waals surface area contributed by atoms with Gasteiger partial charge in [-0.3, -0.25) is 4.90 Å². The van der Waals surface area contributed by atoms with Gasteiger partial charge in [0.05, 0.1) is 17.1 Å². The molecule has 140 valence electrons. The molecule has 0 bridgehead atoms. The number of carbonyl (C=O) groups is 1. The third-order valence-electron chi connectivity index (χ3n) is 3.93. The number of carboxylic acid groups (broad SMARTS) is 1. The molecular formula is C15H14ClF3N4O3. The van der Waals surface area contributed by atoms with Crippen LogP contribution >= 0.6 is 11.6 Å². The zero-order valence-corrected chi connectivity index (χ0v) is 14.1. The molecule has 0 aliphatic carbocycles. The highest BCUT2D eigenvalue weighted by atomic mass is 35.5. The van der Waals surface area contributed by atoms with Crippen LogP contribution in [0.3, 0.4) is 0 Å². The maximum absolute atomic E-state index is 12.8. The largest absolute Gasteiger partial charge is 0.491 e. The van der Waals surface area contributed by atoms with E-state index in [9.17, 15) is 18.0 Å². The number of carboxylic acids is 1. The number of benzene rings is 1. The highest BCUT2D eigenvalue weighted by Gasteiger charge is 2.39. The number of rotatable bonds is 5. The second-order valence-corrected chi connectivity index (χ2v) is 6.07. The van der Waals surface area contributed by atoms with Crippen LogP contribution in [0.5, 0.6) is 5.75 Å². The predicted octanol–water partition coefficient (Wildman–Crippen LogP) is 2.54. The Balaban J connectivity index is 1.56. The van der Waals surface area contributed by atoms with E-state index in [0.717, 1.165) is 4.57 Å². The molecule has 0 amide bonds. The van der Waals surface area contributed by atoms with Crippen molar-refractivity contribution in [2.24, 2.45) is 0 Å². The molecule has 1 aliphatic heterocycles. The van der Waals surface area contributed by atoms with Crippen LogP contribution < -0.4 is 4.74 Å². The van der Waals surface area contributed by atoms with Crippen molar-refractivity contribution in [1.82, 2.24) is 19.7 Å². The monoisotopic (exact) mass is 390 g/mol. The summed E-state index contributed by atoms with van der Waals surface area (Å²) >= 11 is 5.98. The van der Waals surface area contributed by atoms with Gasteiger partial charge < -0.3 is 14.4 Å². The van der Waals surface area contributed by atoms with E-state index in [0.29, 0.717) is 18.8 Å². The highest BCUT2D eigenvalue weighted by Crippen LogP contribution is 2.29. The van der Waals surface area contributed by atoms with Crippen molar-refractivity contribution in [2.45, 2.75) is 19.3 Å². The summed E-state index contributed by atoms with van der Waals surface area (Å²) in [6.45, 7) is 1.48. The summed E-state index contributed by atoms with van der Waals surface area (Å²) in [4.78, 5) is 12.8. The van der Waals surface area contributed by atoms with Crippen LogP contribution in [-0.4, -0.2) is 50.4 Å². The minimum atomic E-state index is -4.52. The SMILES string of the molecule is O=C(O)c1ccc(OCCN2CCn3c(nnc3C(F)(F)F)C2)c(Cl)c1. The van der Waals surface area contributed by atoms with E-state index in [2.05, 4.69) is 10.2 Å². The van der Waals surface area contributed by atoms with Crippen molar-refractivity contribution < 1.29 is 27.8 Å². The zero-order valence-electron chi connectivity index (χ0n) is 13.3. The van der Waals surface area contributed by atoms with Crippen LogP contribution in [0.25, 0.3) is 0 Å². The maximum atomic E-state index is 12.8. The van der Waals surface area contributed by atoms with Gasteiger partial charge >= 0.3 is 12.1 Å². The molecule has 2 heterocycles. The Morgan fingerprint density at radius 2 is 2.08 bits per heavy atom. The van der Waals surface area contributed by atoms with Crippen LogP contribution in [0.1, 0.15) is 22.0 Å². The Labute approximate surface area is 150 Å². The fourth-order valence-electron chi connectivity index (χ4n) is 2.64. The average molecular weight is 391 g/mol. The number of ether oxygens (including phenoxy) is 1. The Kier molecular flexibility index (Phi) is 5.05. The number of fused-ring (bicyclic) bond motifs is 1. The Morgan fingerprint density at radius 3 is 2.73 bits per heavy atom. The molecular weight excluding hydrogens is 377 g/mol. The van der Waals surface area contributed by atoms with Gasteiger partial charge in [0.25, 0.3) is 0 Å². The molecule has 1 aromatic carbocycles. The van der Waals surface area contributed by atoms with Crippen molar-refractivity contribution in [2.75, 3.05) is 19.7 Å². The van der Waals surface area contributed by atoms with E-state index in [-0.39, 0.29) is 36.1 Å². The first-order valence-electron chi connectivity index (χ1n) is 7.63. The van der Waals surface area contributed by atoms with Gasteiger partial charge in [0.2, 0.25) is 5.82 Å².